The lowest BCUT2D eigenvalue weighted by atomic mass is 10.2. The van der Waals surface area contributed by atoms with Crippen LogP contribution in [0.4, 0.5) is 4.79 Å². The third-order valence-electron chi connectivity index (χ3n) is 2.97. The first-order valence-electron chi connectivity index (χ1n) is 6.07. The molecule has 1 rings (SSSR count). The van der Waals surface area contributed by atoms with E-state index in [0.717, 1.165) is 0 Å². The van der Waals surface area contributed by atoms with Gasteiger partial charge in [0.2, 0.25) is 5.91 Å². The number of carbonyl (C=O) groups excluding carboxylic acids is 2. The van der Waals surface area contributed by atoms with E-state index in [1.807, 2.05) is 0 Å². The summed E-state index contributed by atoms with van der Waals surface area (Å²) in [5, 5.41) is 19.9. The molecule has 0 bridgehead atoms. The fourth-order valence-corrected chi connectivity index (χ4v) is 2.13. The van der Waals surface area contributed by atoms with E-state index in [0.29, 0.717) is 24.3 Å². The zero-order valence-electron chi connectivity index (χ0n) is 11.0. The highest BCUT2D eigenvalue weighted by Crippen LogP contribution is 2.19. The summed E-state index contributed by atoms with van der Waals surface area (Å²) in [7, 11) is 1.44. The van der Waals surface area contributed by atoms with E-state index < -0.39 is 37.1 Å². The summed E-state index contributed by atoms with van der Waals surface area (Å²) in [5.41, 5.74) is 0. The fourth-order valence-electron chi connectivity index (χ4n) is 2.13. The lowest BCUT2D eigenvalue weighted by Gasteiger charge is -2.29. The molecule has 112 valence electrons. The second-order valence-electron chi connectivity index (χ2n) is 4.39. The van der Waals surface area contributed by atoms with Crippen molar-refractivity contribution in [3.8, 4) is 0 Å². The van der Waals surface area contributed by atoms with Gasteiger partial charge < -0.3 is 25.3 Å². The van der Waals surface area contributed by atoms with Crippen LogP contribution >= 0.6 is 0 Å². The van der Waals surface area contributed by atoms with Crippen LogP contribution in [-0.2, 0) is 14.4 Å². The molecule has 3 N–H and O–H groups in total. The van der Waals surface area contributed by atoms with Gasteiger partial charge in [-0.1, -0.05) is 0 Å². The Morgan fingerprint density at radius 3 is 2.20 bits per heavy atom. The van der Waals surface area contributed by atoms with Crippen molar-refractivity contribution in [2.45, 2.75) is 18.9 Å². The Kier molecular flexibility index (Phi) is 5.30. The average Bonchev–Trinajstić information content (AvgIpc) is 2.84. The molecule has 0 aromatic heterocycles. The number of carboxylic acid groups (broad SMARTS) is 2. The summed E-state index contributed by atoms with van der Waals surface area (Å²) in [6.07, 6.45) is 1.08. The third-order valence-corrected chi connectivity index (χ3v) is 2.97. The predicted molar refractivity (Wildman–Crippen MR) is 66.0 cm³/mol. The molecule has 0 radical (unpaired) electrons. The topological polar surface area (TPSA) is 127 Å². The lowest BCUT2D eigenvalue weighted by molar-refractivity contribution is -0.140. The number of likely N-dealkylation sites (tertiary alicyclic amines) is 1. The minimum absolute atomic E-state index is 0.298. The van der Waals surface area contributed by atoms with Gasteiger partial charge in [0.25, 0.3) is 0 Å². The summed E-state index contributed by atoms with van der Waals surface area (Å²) < 4.78 is 0. The Labute approximate surface area is 115 Å². The van der Waals surface area contributed by atoms with Gasteiger partial charge in [0.15, 0.2) is 0 Å². The SMILES string of the molecule is CNC(=O)C1CCCN1C(=O)N(CC(=O)O)CC(=O)O. The van der Waals surface area contributed by atoms with E-state index in [1.165, 1.54) is 11.9 Å². The molecule has 0 spiro atoms. The summed E-state index contributed by atoms with van der Waals surface area (Å²) in [5.74, 6) is -2.97. The third kappa shape index (κ3) is 3.84. The second kappa shape index (κ2) is 6.73. The van der Waals surface area contributed by atoms with Gasteiger partial charge in [-0.2, -0.15) is 0 Å². The van der Waals surface area contributed by atoms with Gasteiger partial charge in [0.1, 0.15) is 19.1 Å². The molecule has 1 saturated heterocycles. The monoisotopic (exact) mass is 287 g/mol. The number of urea groups is 1. The zero-order chi connectivity index (χ0) is 15.3. The number of hydrogen-bond donors (Lipinski definition) is 3. The van der Waals surface area contributed by atoms with Crippen LogP contribution < -0.4 is 5.32 Å². The van der Waals surface area contributed by atoms with Crippen molar-refractivity contribution in [2.75, 3.05) is 26.7 Å². The maximum Gasteiger partial charge on any atom is 0.323 e. The first-order chi connectivity index (χ1) is 9.36. The Balaban J connectivity index is 2.84. The quantitative estimate of drug-likeness (QED) is 0.582. The maximum absolute atomic E-state index is 12.2. The number of carbonyl (C=O) groups is 4. The number of nitrogens with zero attached hydrogens (tertiary/aromatic N) is 2. The molecule has 0 aromatic carbocycles. The molecule has 1 atom stereocenters. The minimum Gasteiger partial charge on any atom is -0.480 e. The van der Waals surface area contributed by atoms with E-state index in [4.69, 9.17) is 10.2 Å². The van der Waals surface area contributed by atoms with Crippen LogP contribution in [-0.4, -0.2) is 76.6 Å². The molecule has 1 aliphatic heterocycles. The van der Waals surface area contributed by atoms with Crippen LogP contribution in [0.2, 0.25) is 0 Å². The molecule has 3 amide bonds. The van der Waals surface area contributed by atoms with E-state index >= 15 is 0 Å². The van der Waals surface area contributed by atoms with Crippen LogP contribution in [0.5, 0.6) is 0 Å². The van der Waals surface area contributed by atoms with Crippen molar-refractivity contribution in [3.05, 3.63) is 0 Å². The van der Waals surface area contributed by atoms with Crippen LogP contribution in [0.1, 0.15) is 12.8 Å². The Morgan fingerprint density at radius 1 is 1.20 bits per heavy atom. The van der Waals surface area contributed by atoms with Crippen molar-refractivity contribution in [1.29, 1.82) is 0 Å². The Hall–Kier alpha value is -2.32. The summed E-state index contributed by atoms with van der Waals surface area (Å²) in [6.45, 7) is -1.14. The molecule has 0 aromatic rings. The van der Waals surface area contributed by atoms with Gasteiger partial charge in [-0.05, 0) is 12.8 Å². The number of carboxylic acids is 2. The average molecular weight is 287 g/mol. The smallest absolute Gasteiger partial charge is 0.323 e. The van der Waals surface area contributed by atoms with Crippen molar-refractivity contribution < 1.29 is 29.4 Å². The van der Waals surface area contributed by atoms with E-state index in [9.17, 15) is 19.2 Å². The number of amides is 3. The number of rotatable bonds is 5. The molecule has 0 saturated carbocycles. The first-order valence-corrected chi connectivity index (χ1v) is 6.07. The highest BCUT2D eigenvalue weighted by atomic mass is 16.4. The van der Waals surface area contributed by atoms with Crippen molar-refractivity contribution in [3.63, 3.8) is 0 Å². The molecular weight excluding hydrogens is 270 g/mol. The number of aliphatic carboxylic acids is 2. The highest BCUT2D eigenvalue weighted by Gasteiger charge is 2.36. The lowest BCUT2D eigenvalue weighted by Crippen LogP contribution is -2.52. The molecule has 1 unspecified atom stereocenters. The molecule has 20 heavy (non-hydrogen) atoms. The van der Waals surface area contributed by atoms with E-state index in [1.54, 1.807) is 0 Å². The molecule has 1 heterocycles. The number of nitrogens with one attached hydrogen (secondary N) is 1. The van der Waals surface area contributed by atoms with E-state index in [2.05, 4.69) is 5.32 Å². The number of hydrogen-bond acceptors (Lipinski definition) is 4. The van der Waals surface area contributed by atoms with Crippen LogP contribution in [0.15, 0.2) is 0 Å². The predicted octanol–water partition coefficient (Wildman–Crippen LogP) is -1.21. The van der Waals surface area contributed by atoms with Gasteiger partial charge in [-0.15, -0.1) is 0 Å². The fraction of sp³-hybridized carbons (Fsp3) is 0.636. The standard InChI is InChI=1S/C11H17N3O6/c1-12-10(19)7-3-2-4-14(7)11(20)13(5-8(15)16)6-9(17)18/h7H,2-6H2,1H3,(H,12,19)(H,15,16)(H,17,18). The summed E-state index contributed by atoms with van der Waals surface area (Å²) in [6, 6.07) is -1.43. The highest BCUT2D eigenvalue weighted by molar-refractivity contribution is 5.90. The normalized spacial score (nSPS) is 17.6. The second-order valence-corrected chi connectivity index (χ2v) is 4.39. The van der Waals surface area contributed by atoms with E-state index in [-0.39, 0.29) is 5.91 Å². The Morgan fingerprint density at radius 2 is 1.75 bits per heavy atom. The number of likely N-dealkylation sites (N-methyl/N-ethyl adjacent to an activating group) is 1. The Bertz CT molecular complexity index is 408. The van der Waals surface area contributed by atoms with Crippen LogP contribution in [0.25, 0.3) is 0 Å². The van der Waals surface area contributed by atoms with Crippen molar-refractivity contribution >= 4 is 23.9 Å². The van der Waals surface area contributed by atoms with Gasteiger partial charge in [-0.25, -0.2) is 4.79 Å². The van der Waals surface area contributed by atoms with Gasteiger partial charge in [-0.3, -0.25) is 14.4 Å². The molecule has 0 aliphatic carbocycles. The molecule has 1 aliphatic rings. The molecule has 1 fully saturated rings. The largest absolute Gasteiger partial charge is 0.480 e. The van der Waals surface area contributed by atoms with Gasteiger partial charge in [0, 0.05) is 13.6 Å². The summed E-state index contributed by atoms with van der Waals surface area (Å²) in [4.78, 5) is 47.1. The summed E-state index contributed by atoms with van der Waals surface area (Å²) >= 11 is 0. The van der Waals surface area contributed by atoms with Gasteiger partial charge in [0.05, 0.1) is 0 Å². The van der Waals surface area contributed by atoms with Gasteiger partial charge >= 0.3 is 18.0 Å². The van der Waals surface area contributed by atoms with Crippen LogP contribution in [0, 0.1) is 0 Å². The van der Waals surface area contributed by atoms with Crippen molar-refractivity contribution in [1.82, 2.24) is 15.1 Å². The minimum atomic E-state index is -1.31. The first kappa shape index (κ1) is 15.7. The molecular formula is C11H17N3O6. The van der Waals surface area contributed by atoms with Crippen LogP contribution in [0.3, 0.4) is 0 Å². The molecule has 9 heteroatoms. The zero-order valence-corrected chi connectivity index (χ0v) is 11.0. The molecule has 9 nitrogen and oxygen atoms in total. The van der Waals surface area contributed by atoms with Crippen molar-refractivity contribution in [2.24, 2.45) is 0 Å². The maximum atomic E-state index is 12.2.